The Balaban J connectivity index is 3.02. The fourth-order valence-corrected chi connectivity index (χ4v) is 2.22. The third-order valence-electron chi connectivity index (χ3n) is 3.43. The number of alkyl halides is 3. The second-order valence-corrected chi connectivity index (χ2v) is 5.18. The molecule has 0 saturated carbocycles. The molecule has 1 aromatic rings. The number of aliphatic hydroxyl groups is 1. The Morgan fingerprint density at radius 1 is 1.05 bits per heavy atom. The van der Waals surface area contributed by atoms with E-state index >= 15 is 0 Å². The lowest BCUT2D eigenvalue weighted by molar-refractivity contribution is -0.207. The van der Waals surface area contributed by atoms with Gasteiger partial charge in [-0.15, -0.1) is 0 Å². The van der Waals surface area contributed by atoms with Crippen LogP contribution in [0.4, 0.5) is 13.2 Å². The predicted octanol–water partition coefficient (Wildman–Crippen LogP) is 4.97. The smallest absolute Gasteiger partial charge is 0.379 e. The van der Waals surface area contributed by atoms with Crippen molar-refractivity contribution in [2.45, 2.75) is 64.7 Å². The molecule has 0 saturated heterocycles. The first-order chi connectivity index (χ1) is 9.40. The largest absolute Gasteiger partial charge is 0.418 e. The Hall–Kier alpha value is -1.03. The highest BCUT2D eigenvalue weighted by Gasteiger charge is 2.40. The van der Waals surface area contributed by atoms with Gasteiger partial charge in [0.15, 0.2) is 6.10 Å². The number of aryl methyl sites for hydroxylation is 2. The second kappa shape index (κ2) is 7.67. The van der Waals surface area contributed by atoms with Crippen LogP contribution in [0.15, 0.2) is 18.2 Å². The molecular weight excluding hydrogens is 265 g/mol. The zero-order chi connectivity index (χ0) is 15.2. The van der Waals surface area contributed by atoms with Gasteiger partial charge in [-0.05, 0) is 42.4 Å². The summed E-state index contributed by atoms with van der Waals surface area (Å²) in [4.78, 5) is 0. The zero-order valence-corrected chi connectivity index (χ0v) is 12.1. The van der Waals surface area contributed by atoms with Gasteiger partial charge in [-0.1, -0.05) is 44.9 Å². The minimum Gasteiger partial charge on any atom is -0.379 e. The van der Waals surface area contributed by atoms with Crippen molar-refractivity contribution in [3.05, 3.63) is 34.9 Å². The molecule has 0 aliphatic carbocycles. The fraction of sp³-hybridized carbons (Fsp3) is 0.625. The SMILES string of the molecule is CCCCc1ccc(C(O)C(F)(F)F)c(CCCC)c1. The standard InChI is InChI=1S/C16H23F3O/c1-3-5-7-12-9-10-14(15(20)16(17,18)19)13(11-12)8-6-4-2/h9-11,15,20H,3-8H2,1-2H3. The summed E-state index contributed by atoms with van der Waals surface area (Å²) in [6.07, 6.45) is -1.71. The first-order valence-corrected chi connectivity index (χ1v) is 7.26. The van der Waals surface area contributed by atoms with E-state index in [0.717, 1.165) is 37.7 Å². The normalized spacial score (nSPS) is 13.5. The van der Waals surface area contributed by atoms with Gasteiger partial charge < -0.3 is 5.11 Å². The van der Waals surface area contributed by atoms with Crippen LogP contribution in [0, 0.1) is 0 Å². The molecule has 1 nitrogen and oxygen atoms in total. The van der Waals surface area contributed by atoms with Crippen LogP contribution in [0.2, 0.25) is 0 Å². The van der Waals surface area contributed by atoms with Crippen molar-refractivity contribution in [1.82, 2.24) is 0 Å². The molecule has 1 unspecified atom stereocenters. The Kier molecular flexibility index (Phi) is 6.53. The molecule has 4 heteroatoms. The van der Waals surface area contributed by atoms with E-state index in [0.29, 0.717) is 12.0 Å². The maximum Gasteiger partial charge on any atom is 0.418 e. The van der Waals surface area contributed by atoms with Crippen molar-refractivity contribution in [2.24, 2.45) is 0 Å². The molecule has 0 aliphatic rings. The van der Waals surface area contributed by atoms with Gasteiger partial charge in [-0.3, -0.25) is 0 Å². The number of hydrogen-bond acceptors (Lipinski definition) is 1. The molecule has 0 aromatic heterocycles. The molecule has 0 bridgehead atoms. The summed E-state index contributed by atoms with van der Waals surface area (Å²) in [5.41, 5.74) is 1.69. The van der Waals surface area contributed by atoms with E-state index in [9.17, 15) is 18.3 Å². The summed E-state index contributed by atoms with van der Waals surface area (Å²) in [6.45, 7) is 4.08. The average Bonchev–Trinajstić information content (AvgIpc) is 2.41. The minimum atomic E-state index is -4.61. The molecule has 1 rings (SSSR count). The van der Waals surface area contributed by atoms with Crippen LogP contribution >= 0.6 is 0 Å². The van der Waals surface area contributed by atoms with Crippen molar-refractivity contribution in [1.29, 1.82) is 0 Å². The number of rotatable bonds is 7. The van der Waals surface area contributed by atoms with E-state index in [1.54, 1.807) is 6.07 Å². The molecule has 114 valence electrons. The number of halogens is 3. The Labute approximate surface area is 118 Å². The average molecular weight is 288 g/mol. The van der Waals surface area contributed by atoms with E-state index in [-0.39, 0.29) is 5.56 Å². The van der Waals surface area contributed by atoms with Gasteiger partial charge in [0.05, 0.1) is 0 Å². The van der Waals surface area contributed by atoms with E-state index in [4.69, 9.17) is 0 Å². The molecule has 0 amide bonds. The van der Waals surface area contributed by atoms with Gasteiger partial charge in [0.25, 0.3) is 0 Å². The lowest BCUT2D eigenvalue weighted by Gasteiger charge is -2.19. The summed E-state index contributed by atoms with van der Waals surface area (Å²) in [7, 11) is 0. The lowest BCUT2D eigenvalue weighted by Crippen LogP contribution is -2.21. The quantitative estimate of drug-likeness (QED) is 0.751. The van der Waals surface area contributed by atoms with Gasteiger partial charge in [-0.25, -0.2) is 0 Å². The molecule has 0 fully saturated rings. The summed E-state index contributed by atoms with van der Waals surface area (Å²) in [5.74, 6) is 0. The molecule has 0 aliphatic heterocycles. The van der Waals surface area contributed by atoms with Crippen LogP contribution in [-0.4, -0.2) is 11.3 Å². The topological polar surface area (TPSA) is 20.2 Å². The summed E-state index contributed by atoms with van der Waals surface area (Å²) in [5, 5.41) is 9.48. The summed E-state index contributed by atoms with van der Waals surface area (Å²) < 4.78 is 38.1. The number of unbranched alkanes of at least 4 members (excludes halogenated alkanes) is 2. The van der Waals surface area contributed by atoms with E-state index in [1.807, 2.05) is 13.0 Å². The van der Waals surface area contributed by atoms with Crippen molar-refractivity contribution in [2.75, 3.05) is 0 Å². The number of aliphatic hydroxyl groups excluding tert-OH is 1. The van der Waals surface area contributed by atoms with Crippen LogP contribution < -0.4 is 0 Å². The van der Waals surface area contributed by atoms with E-state index in [1.165, 1.54) is 6.07 Å². The van der Waals surface area contributed by atoms with Gasteiger partial charge in [0, 0.05) is 0 Å². The molecule has 1 N–H and O–H groups in total. The van der Waals surface area contributed by atoms with Crippen LogP contribution in [0.3, 0.4) is 0 Å². The van der Waals surface area contributed by atoms with Crippen LogP contribution in [0.1, 0.15) is 62.3 Å². The lowest BCUT2D eigenvalue weighted by atomic mass is 9.94. The van der Waals surface area contributed by atoms with Crippen molar-refractivity contribution < 1.29 is 18.3 Å². The monoisotopic (exact) mass is 288 g/mol. The van der Waals surface area contributed by atoms with Crippen LogP contribution in [0.25, 0.3) is 0 Å². The number of benzene rings is 1. The minimum absolute atomic E-state index is 0.00574. The number of hydrogen-bond donors (Lipinski definition) is 1. The fourth-order valence-electron chi connectivity index (χ4n) is 2.22. The van der Waals surface area contributed by atoms with E-state index in [2.05, 4.69) is 6.92 Å². The van der Waals surface area contributed by atoms with Crippen LogP contribution in [-0.2, 0) is 12.8 Å². The maximum absolute atomic E-state index is 12.7. The summed E-state index contributed by atoms with van der Waals surface area (Å²) in [6, 6.07) is 4.97. The highest BCUT2D eigenvalue weighted by Crippen LogP contribution is 2.35. The molecular formula is C16H23F3O. The van der Waals surface area contributed by atoms with E-state index < -0.39 is 12.3 Å². The molecule has 0 spiro atoms. The van der Waals surface area contributed by atoms with Gasteiger partial charge in [0.2, 0.25) is 0 Å². The highest BCUT2D eigenvalue weighted by molar-refractivity contribution is 5.34. The molecule has 1 atom stereocenters. The zero-order valence-electron chi connectivity index (χ0n) is 12.1. The molecule has 0 heterocycles. The first kappa shape index (κ1) is 17.0. The Morgan fingerprint density at radius 3 is 2.20 bits per heavy atom. The molecule has 0 radical (unpaired) electrons. The van der Waals surface area contributed by atoms with Crippen LogP contribution in [0.5, 0.6) is 0 Å². The van der Waals surface area contributed by atoms with Crippen molar-refractivity contribution >= 4 is 0 Å². The van der Waals surface area contributed by atoms with Gasteiger partial charge >= 0.3 is 6.18 Å². The van der Waals surface area contributed by atoms with Gasteiger partial charge in [0.1, 0.15) is 0 Å². The van der Waals surface area contributed by atoms with Gasteiger partial charge in [-0.2, -0.15) is 13.2 Å². The molecule has 1 aromatic carbocycles. The maximum atomic E-state index is 12.7. The third kappa shape index (κ3) is 4.82. The summed E-state index contributed by atoms with van der Waals surface area (Å²) >= 11 is 0. The third-order valence-corrected chi connectivity index (χ3v) is 3.43. The Bertz CT molecular complexity index is 413. The molecule has 20 heavy (non-hydrogen) atoms. The van der Waals surface area contributed by atoms with Crippen molar-refractivity contribution in [3.8, 4) is 0 Å². The van der Waals surface area contributed by atoms with Crippen molar-refractivity contribution in [3.63, 3.8) is 0 Å². The highest BCUT2D eigenvalue weighted by atomic mass is 19.4. The second-order valence-electron chi connectivity index (χ2n) is 5.18. The Morgan fingerprint density at radius 2 is 1.65 bits per heavy atom. The first-order valence-electron chi connectivity index (χ1n) is 7.26. The predicted molar refractivity (Wildman–Crippen MR) is 74.7 cm³/mol.